The molecule has 114 valence electrons. The van der Waals surface area contributed by atoms with Crippen molar-refractivity contribution in [3.05, 3.63) is 17.5 Å². The number of carbonyl (C=O) groups excluding carboxylic acids is 1. The monoisotopic (exact) mass is 294 g/mol. The van der Waals surface area contributed by atoms with Gasteiger partial charge in [0.15, 0.2) is 0 Å². The number of nitrogens with one attached hydrogen (secondary N) is 1. The first-order valence-electron chi connectivity index (χ1n) is 6.69. The summed E-state index contributed by atoms with van der Waals surface area (Å²) in [5.74, 6) is -0.884. The van der Waals surface area contributed by atoms with Crippen LogP contribution in [0.25, 0.3) is 0 Å². The Morgan fingerprint density at radius 3 is 2.67 bits per heavy atom. The molecule has 0 bridgehead atoms. The maximum Gasteiger partial charge on any atom is 0.339 e. The number of amides is 1. The Hall–Kier alpha value is -2.22. The van der Waals surface area contributed by atoms with Gasteiger partial charge in [0.25, 0.3) is 0 Å². The molecule has 21 heavy (non-hydrogen) atoms. The van der Waals surface area contributed by atoms with Gasteiger partial charge in [0.2, 0.25) is 11.9 Å². The number of anilines is 1. The van der Waals surface area contributed by atoms with Gasteiger partial charge in [-0.2, -0.15) is 0 Å². The number of aromatic nitrogens is 2. The molecular formula is C13H18N4O4. The smallest absolute Gasteiger partial charge is 0.339 e. The normalized spacial score (nSPS) is 16.4. The average Bonchev–Trinajstić information content (AvgIpc) is 2.47. The van der Waals surface area contributed by atoms with Crippen LogP contribution in [0, 0.1) is 6.92 Å². The number of morpholine rings is 1. The number of rotatable bonds is 4. The highest BCUT2D eigenvalue weighted by molar-refractivity contribution is 5.88. The molecule has 1 aliphatic rings. The van der Waals surface area contributed by atoms with Gasteiger partial charge in [-0.05, 0) is 13.8 Å². The molecule has 2 rings (SSSR count). The van der Waals surface area contributed by atoms with Crippen molar-refractivity contribution in [2.75, 3.05) is 31.6 Å². The van der Waals surface area contributed by atoms with Crippen LogP contribution in [0.2, 0.25) is 0 Å². The van der Waals surface area contributed by atoms with Gasteiger partial charge in [0.05, 0.1) is 24.5 Å². The number of carbonyl (C=O) groups is 2. The maximum atomic E-state index is 12.2. The second kappa shape index (κ2) is 6.49. The quantitative estimate of drug-likeness (QED) is 0.814. The summed E-state index contributed by atoms with van der Waals surface area (Å²) in [5, 5.41) is 11.8. The lowest BCUT2D eigenvalue weighted by Crippen LogP contribution is -2.47. The SMILES string of the molecule is Cc1nc(NC(C)C(=O)N2CCOCC2)ncc1C(=O)O. The molecule has 0 aromatic carbocycles. The molecule has 2 N–H and O–H groups in total. The molecule has 1 aromatic heterocycles. The number of ether oxygens (including phenoxy) is 1. The van der Waals surface area contributed by atoms with E-state index in [1.54, 1.807) is 18.7 Å². The molecular weight excluding hydrogens is 276 g/mol. The molecule has 0 spiro atoms. The molecule has 1 atom stereocenters. The van der Waals surface area contributed by atoms with Crippen molar-refractivity contribution in [3.63, 3.8) is 0 Å². The summed E-state index contributed by atoms with van der Waals surface area (Å²) in [4.78, 5) is 32.8. The standard InChI is InChI=1S/C13H18N4O4/c1-8-10(12(19)20)7-14-13(15-8)16-9(2)11(18)17-3-5-21-6-4-17/h7,9H,3-6H2,1-2H3,(H,19,20)(H,14,15,16). The van der Waals surface area contributed by atoms with E-state index in [1.807, 2.05) is 0 Å². The van der Waals surface area contributed by atoms with Crippen LogP contribution in [0.15, 0.2) is 6.20 Å². The highest BCUT2D eigenvalue weighted by Gasteiger charge is 2.23. The minimum atomic E-state index is -1.07. The topological polar surface area (TPSA) is 105 Å². The van der Waals surface area contributed by atoms with Gasteiger partial charge in [-0.25, -0.2) is 14.8 Å². The predicted octanol–water partition coefficient (Wildman–Crippen LogP) is 0.142. The van der Waals surface area contributed by atoms with E-state index in [0.717, 1.165) is 0 Å². The van der Waals surface area contributed by atoms with Gasteiger partial charge in [0, 0.05) is 19.3 Å². The van der Waals surface area contributed by atoms with Crippen molar-refractivity contribution in [1.82, 2.24) is 14.9 Å². The molecule has 0 aliphatic carbocycles. The fourth-order valence-electron chi connectivity index (χ4n) is 2.06. The lowest BCUT2D eigenvalue weighted by atomic mass is 10.2. The van der Waals surface area contributed by atoms with E-state index in [9.17, 15) is 9.59 Å². The fourth-order valence-corrected chi connectivity index (χ4v) is 2.06. The fraction of sp³-hybridized carbons (Fsp3) is 0.538. The Bertz CT molecular complexity index is 543. The van der Waals surface area contributed by atoms with Crippen LogP contribution in [0.4, 0.5) is 5.95 Å². The predicted molar refractivity (Wildman–Crippen MR) is 74.2 cm³/mol. The summed E-state index contributed by atoms with van der Waals surface area (Å²) in [7, 11) is 0. The molecule has 0 saturated carbocycles. The molecule has 1 fully saturated rings. The highest BCUT2D eigenvalue weighted by Crippen LogP contribution is 2.09. The highest BCUT2D eigenvalue weighted by atomic mass is 16.5. The van der Waals surface area contributed by atoms with Crippen LogP contribution in [-0.2, 0) is 9.53 Å². The average molecular weight is 294 g/mol. The van der Waals surface area contributed by atoms with E-state index < -0.39 is 12.0 Å². The van der Waals surface area contributed by atoms with E-state index in [-0.39, 0.29) is 17.4 Å². The van der Waals surface area contributed by atoms with Crippen molar-refractivity contribution in [3.8, 4) is 0 Å². The van der Waals surface area contributed by atoms with Gasteiger partial charge in [0.1, 0.15) is 6.04 Å². The van der Waals surface area contributed by atoms with Crippen LogP contribution in [0.1, 0.15) is 23.0 Å². The summed E-state index contributed by atoms with van der Waals surface area (Å²) in [6.07, 6.45) is 1.24. The largest absolute Gasteiger partial charge is 0.478 e. The number of aryl methyl sites for hydroxylation is 1. The second-order valence-corrected chi connectivity index (χ2v) is 4.80. The first kappa shape index (κ1) is 15.2. The van der Waals surface area contributed by atoms with Crippen LogP contribution >= 0.6 is 0 Å². The van der Waals surface area contributed by atoms with Crippen molar-refractivity contribution < 1.29 is 19.4 Å². The Morgan fingerprint density at radius 2 is 2.10 bits per heavy atom. The lowest BCUT2D eigenvalue weighted by molar-refractivity contribution is -0.135. The number of carboxylic acid groups (broad SMARTS) is 1. The zero-order valence-electron chi connectivity index (χ0n) is 12.0. The summed E-state index contributed by atoms with van der Waals surface area (Å²) < 4.78 is 5.20. The van der Waals surface area contributed by atoms with Crippen molar-refractivity contribution >= 4 is 17.8 Å². The second-order valence-electron chi connectivity index (χ2n) is 4.80. The minimum absolute atomic E-state index is 0.0488. The number of hydrogen-bond acceptors (Lipinski definition) is 6. The Labute approximate surface area is 122 Å². The van der Waals surface area contributed by atoms with Crippen LogP contribution < -0.4 is 5.32 Å². The summed E-state index contributed by atoms with van der Waals surface area (Å²) in [5.41, 5.74) is 0.402. The number of carboxylic acids is 1. The number of hydrogen-bond donors (Lipinski definition) is 2. The van der Waals surface area contributed by atoms with E-state index >= 15 is 0 Å². The van der Waals surface area contributed by atoms with E-state index in [1.165, 1.54) is 6.20 Å². The van der Waals surface area contributed by atoms with Crippen molar-refractivity contribution in [2.24, 2.45) is 0 Å². The summed E-state index contributed by atoms with van der Waals surface area (Å²) in [6.45, 7) is 5.54. The Balaban J connectivity index is 2.01. The third-order valence-electron chi connectivity index (χ3n) is 3.25. The summed E-state index contributed by atoms with van der Waals surface area (Å²) >= 11 is 0. The molecule has 1 saturated heterocycles. The molecule has 0 radical (unpaired) electrons. The third kappa shape index (κ3) is 3.66. The lowest BCUT2D eigenvalue weighted by Gasteiger charge is -2.29. The molecule has 1 unspecified atom stereocenters. The van der Waals surface area contributed by atoms with E-state index in [0.29, 0.717) is 32.0 Å². The Kier molecular flexibility index (Phi) is 4.69. The van der Waals surface area contributed by atoms with Crippen LogP contribution in [0.5, 0.6) is 0 Å². The number of nitrogens with zero attached hydrogens (tertiary/aromatic N) is 3. The van der Waals surface area contributed by atoms with Gasteiger partial charge >= 0.3 is 5.97 Å². The zero-order valence-corrected chi connectivity index (χ0v) is 12.0. The summed E-state index contributed by atoms with van der Waals surface area (Å²) in [6, 6.07) is -0.488. The zero-order chi connectivity index (χ0) is 15.4. The van der Waals surface area contributed by atoms with Gasteiger partial charge in [-0.1, -0.05) is 0 Å². The maximum absolute atomic E-state index is 12.2. The first-order chi connectivity index (χ1) is 9.99. The first-order valence-corrected chi connectivity index (χ1v) is 6.69. The minimum Gasteiger partial charge on any atom is -0.478 e. The van der Waals surface area contributed by atoms with Gasteiger partial charge in [-0.15, -0.1) is 0 Å². The molecule has 8 heteroatoms. The van der Waals surface area contributed by atoms with E-state index in [2.05, 4.69) is 15.3 Å². The molecule has 8 nitrogen and oxygen atoms in total. The molecule has 2 heterocycles. The van der Waals surface area contributed by atoms with Crippen LogP contribution in [0.3, 0.4) is 0 Å². The Morgan fingerprint density at radius 1 is 1.43 bits per heavy atom. The van der Waals surface area contributed by atoms with Crippen LogP contribution in [-0.4, -0.2) is 64.2 Å². The molecule has 1 aliphatic heterocycles. The molecule has 1 aromatic rings. The molecule has 1 amide bonds. The van der Waals surface area contributed by atoms with Gasteiger partial charge in [-0.3, -0.25) is 4.79 Å². The van der Waals surface area contributed by atoms with Crippen molar-refractivity contribution in [2.45, 2.75) is 19.9 Å². The number of aromatic carboxylic acids is 1. The third-order valence-corrected chi connectivity index (χ3v) is 3.25. The van der Waals surface area contributed by atoms with E-state index in [4.69, 9.17) is 9.84 Å². The van der Waals surface area contributed by atoms with Gasteiger partial charge < -0.3 is 20.1 Å². The van der Waals surface area contributed by atoms with Crippen molar-refractivity contribution in [1.29, 1.82) is 0 Å².